The van der Waals surface area contributed by atoms with Gasteiger partial charge in [0.2, 0.25) is 5.95 Å². The molecule has 0 spiro atoms. The summed E-state index contributed by atoms with van der Waals surface area (Å²) in [7, 11) is -0.518. The van der Waals surface area contributed by atoms with E-state index in [9.17, 15) is 4.39 Å². The summed E-state index contributed by atoms with van der Waals surface area (Å²) >= 11 is 0. The van der Waals surface area contributed by atoms with Crippen molar-refractivity contribution < 1.29 is 13.7 Å². The summed E-state index contributed by atoms with van der Waals surface area (Å²) < 4.78 is 25.5. The third kappa shape index (κ3) is 3.02. The second-order valence-corrected chi connectivity index (χ2v) is 6.33. The van der Waals surface area contributed by atoms with Gasteiger partial charge in [-0.15, -0.1) is 0 Å². The zero-order chi connectivity index (χ0) is 15.8. The van der Waals surface area contributed by atoms with Gasteiger partial charge >= 0.3 is 7.12 Å². The van der Waals surface area contributed by atoms with E-state index in [0.29, 0.717) is 5.56 Å². The first-order valence-electron chi connectivity index (χ1n) is 7.05. The predicted octanol–water partition coefficient (Wildman–Crippen LogP) is 2.50. The number of halogens is 1. The van der Waals surface area contributed by atoms with Crippen LogP contribution in [0.2, 0.25) is 0 Å². The third-order valence-electron chi connectivity index (χ3n) is 4.32. The lowest BCUT2D eigenvalue weighted by molar-refractivity contribution is 0.00578. The van der Waals surface area contributed by atoms with Crippen LogP contribution in [0.25, 0.3) is 6.08 Å². The Kier molecular flexibility index (Phi) is 4.24. The van der Waals surface area contributed by atoms with Gasteiger partial charge in [0, 0.05) is 18.3 Å². The molecule has 0 saturated carbocycles. The molecule has 1 aliphatic rings. The van der Waals surface area contributed by atoms with Crippen molar-refractivity contribution in [3.8, 4) is 0 Å². The molecule has 114 valence electrons. The van der Waals surface area contributed by atoms with Crippen molar-refractivity contribution in [3.63, 3.8) is 0 Å². The first-order valence-corrected chi connectivity index (χ1v) is 7.05. The highest BCUT2D eigenvalue weighted by molar-refractivity contribution is 6.55. The summed E-state index contributed by atoms with van der Waals surface area (Å²) in [4.78, 5) is 3.63. The molecule has 1 aromatic rings. The zero-order valence-corrected chi connectivity index (χ0v) is 13.2. The summed E-state index contributed by atoms with van der Waals surface area (Å²) in [6.07, 6.45) is 3.26. The van der Waals surface area contributed by atoms with Crippen LogP contribution in [0.4, 0.5) is 4.39 Å². The maximum atomic E-state index is 13.5. The molecule has 6 heteroatoms. The minimum absolute atomic E-state index is 0.278. The molecule has 21 heavy (non-hydrogen) atoms. The summed E-state index contributed by atoms with van der Waals surface area (Å²) in [6.45, 7) is 9.90. The quantitative estimate of drug-likeness (QED) is 0.687. The minimum atomic E-state index is -0.518. The lowest BCUT2D eigenvalue weighted by Crippen LogP contribution is -2.41. The summed E-state index contributed by atoms with van der Waals surface area (Å²) in [6, 6.07) is 1.75. The fourth-order valence-corrected chi connectivity index (χ4v) is 2.10. The van der Waals surface area contributed by atoms with Crippen molar-refractivity contribution >= 4 is 13.2 Å². The van der Waals surface area contributed by atoms with Crippen LogP contribution in [-0.4, -0.2) is 29.8 Å². The largest absolute Gasteiger partial charge is 0.491 e. The van der Waals surface area contributed by atoms with Crippen LogP contribution < -0.4 is 5.73 Å². The first kappa shape index (κ1) is 16.1. The molecule has 0 radical (unpaired) electrons. The van der Waals surface area contributed by atoms with Gasteiger partial charge in [0.15, 0.2) is 0 Å². The predicted molar refractivity (Wildman–Crippen MR) is 82.0 cm³/mol. The van der Waals surface area contributed by atoms with Gasteiger partial charge in [-0.3, -0.25) is 0 Å². The fourth-order valence-electron chi connectivity index (χ4n) is 2.10. The molecule has 1 saturated heterocycles. The zero-order valence-electron chi connectivity index (χ0n) is 13.2. The third-order valence-corrected chi connectivity index (χ3v) is 4.32. The number of pyridine rings is 1. The van der Waals surface area contributed by atoms with Gasteiger partial charge in [0.05, 0.1) is 11.2 Å². The fraction of sp³-hybridized carbons (Fsp3) is 0.533. The van der Waals surface area contributed by atoms with Gasteiger partial charge in [0.1, 0.15) is 0 Å². The highest BCUT2D eigenvalue weighted by Crippen LogP contribution is 2.38. The average Bonchev–Trinajstić information content (AvgIpc) is 2.60. The van der Waals surface area contributed by atoms with Crippen molar-refractivity contribution in [2.75, 3.05) is 6.54 Å². The Balaban J connectivity index is 2.33. The van der Waals surface area contributed by atoms with E-state index in [2.05, 4.69) is 4.98 Å². The monoisotopic (exact) mass is 292 g/mol. The molecule has 2 rings (SSSR count). The number of nitrogens with two attached hydrogens (primary N) is 1. The minimum Gasteiger partial charge on any atom is -0.400 e. The first-order chi connectivity index (χ1) is 9.68. The molecule has 2 N–H and O–H groups in total. The molecule has 1 fully saturated rings. The van der Waals surface area contributed by atoms with Crippen LogP contribution in [-0.2, 0) is 9.31 Å². The van der Waals surface area contributed by atoms with Gasteiger partial charge in [-0.05, 0) is 51.7 Å². The number of aromatic nitrogens is 1. The van der Waals surface area contributed by atoms with Crippen LogP contribution in [0.5, 0.6) is 0 Å². The van der Waals surface area contributed by atoms with Crippen LogP contribution in [0.1, 0.15) is 38.8 Å². The number of rotatable bonds is 3. The van der Waals surface area contributed by atoms with Crippen molar-refractivity contribution in [2.24, 2.45) is 5.73 Å². The Labute approximate surface area is 125 Å². The van der Waals surface area contributed by atoms with E-state index >= 15 is 0 Å². The van der Waals surface area contributed by atoms with Crippen LogP contribution in [0.15, 0.2) is 17.7 Å². The topological polar surface area (TPSA) is 57.4 Å². The van der Waals surface area contributed by atoms with Crippen LogP contribution in [0, 0.1) is 12.9 Å². The molecule has 0 aromatic carbocycles. The smallest absolute Gasteiger partial charge is 0.400 e. The van der Waals surface area contributed by atoms with E-state index in [1.807, 2.05) is 33.8 Å². The number of nitrogens with zero attached hydrogens (tertiary/aromatic N) is 1. The van der Waals surface area contributed by atoms with Gasteiger partial charge < -0.3 is 15.0 Å². The summed E-state index contributed by atoms with van der Waals surface area (Å²) in [5.74, 6) is -0.478. The highest BCUT2D eigenvalue weighted by atomic mass is 19.1. The Morgan fingerprint density at radius 1 is 1.33 bits per heavy atom. The number of hydrogen-bond acceptors (Lipinski definition) is 4. The van der Waals surface area contributed by atoms with E-state index in [4.69, 9.17) is 15.0 Å². The molecule has 4 nitrogen and oxygen atoms in total. The summed E-state index contributed by atoms with van der Waals surface area (Å²) in [5, 5.41) is 0. The highest BCUT2D eigenvalue weighted by Gasteiger charge is 2.52. The molecular weight excluding hydrogens is 270 g/mol. The van der Waals surface area contributed by atoms with Gasteiger partial charge in [-0.2, -0.15) is 4.39 Å². The normalized spacial score (nSPS) is 20.9. The lowest BCUT2D eigenvalue weighted by atomic mass is 9.77. The second kappa shape index (κ2) is 5.52. The van der Waals surface area contributed by atoms with E-state index in [-0.39, 0.29) is 6.54 Å². The van der Waals surface area contributed by atoms with E-state index in [0.717, 1.165) is 11.0 Å². The Morgan fingerprint density at radius 2 is 1.90 bits per heavy atom. The van der Waals surface area contributed by atoms with E-state index in [1.54, 1.807) is 13.0 Å². The Hall–Kier alpha value is -1.24. The average molecular weight is 292 g/mol. The molecule has 2 heterocycles. The maximum absolute atomic E-state index is 13.5. The molecular formula is C15H22BFN2O2. The summed E-state index contributed by atoms with van der Waals surface area (Å²) in [5.41, 5.74) is 6.98. The van der Waals surface area contributed by atoms with E-state index < -0.39 is 24.3 Å². The lowest BCUT2D eigenvalue weighted by Gasteiger charge is -2.32. The van der Waals surface area contributed by atoms with Crippen molar-refractivity contribution in [3.05, 3.63) is 34.8 Å². The number of hydrogen-bond donors (Lipinski definition) is 1. The molecule has 0 bridgehead atoms. The SMILES string of the molecule is Cc1c(C=C(CN)B2OC(C)(C)C(C)(C)O2)ccnc1F. The molecule has 0 amide bonds. The molecule has 0 unspecified atom stereocenters. The van der Waals surface area contributed by atoms with Crippen LogP contribution >= 0.6 is 0 Å². The van der Waals surface area contributed by atoms with Gasteiger partial charge in [-0.1, -0.05) is 6.08 Å². The Morgan fingerprint density at radius 3 is 2.43 bits per heavy atom. The van der Waals surface area contributed by atoms with Crippen molar-refractivity contribution in [2.45, 2.75) is 45.8 Å². The van der Waals surface area contributed by atoms with Crippen molar-refractivity contribution in [1.82, 2.24) is 4.98 Å². The van der Waals surface area contributed by atoms with Crippen LogP contribution in [0.3, 0.4) is 0 Å². The molecule has 1 aliphatic heterocycles. The molecule has 1 aromatic heterocycles. The second-order valence-electron chi connectivity index (χ2n) is 6.33. The molecule has 0 aliphatic carbocycles. The Bertz CT molecular complexity index is 557. The maximum Gasteiger partial charge on any atom is 0.491 e. The molecule has 0 atom stereocenters. The van der Waals surface area contributed by atoms with Gasteiger partial charge in [-0.25, -0.2) is 4.98 Å². The van der Waals surface area contributed by atoms with E-state index in [1.165, 1.54) is 6.20 Å². The van der Waals surface area contributed by atoms with Crippen molar-refractivity contribution in [1.29, 1.82) is 0 Å². The van der Waals surface area contributed by atoms with Gasteiger partial charge in [0.25, 0.3) is 0 Å². The standard InChI is InChI=1S/C15H22BFN2O2/c1-10-11(6-7-19-13(10)17)8-12(9-18)16-20-14(2,3)15(4,5)21-16/h6-8H,9,18H2,1-5H3.